The average Bonchev–Trinajstić information content (AvgIpc) is 2.40. The molecule has 0 N–H and O–H groups in total. The largest absolute Gasteiger partial charge is 0.272 e. The van der Waals surface area contributed by atoms with Gasteiger partial charge in [0.05, 0.1) is 11.0 Å². The van der Waals surface area contributed by atoms with Crippen molar-refractivity contribution in [2.45, 2.75) is 44.9 Å². The molecule has 0 amide bonds. The minimum Gasteiger partial charge on any atom is -0.258 e. The van der Waals surface area contributed by atoms with E-state index in [4.69, 9.17) is 11.6 Å². The summed E-state index contributed by atoms with van der Waals surface area (Å²) in [7, 11) is 0. The normalized spacial score (nSPS) is 26.0. The summed E-state index contributed by atoms with van der Waals surface area (Å²) in [5.41, 5.74) is 0.481. The van der Waals surface area contributed by atoms with E-state index in [0.717, 1.165) is 25.3 Å². The average molecular weight is 314 g/mol. The van der Waals surface area contributed by atoms with Gasteiger partial charge < -0.3 is 0 Å². The summed E-state index contributed by atoms with van der Waals surface area (Å²) in [6.45, 7) is 4.42. The number of nitrogens with zero attached hydrogens (tertiary/aromatic N) is 1. The standard InChI is InChI=1S/C16H21ClFNO2/c1-10(2)12-3-4-16(17)13(8-12)5-11-6-14(18)9-15(7-11)19(20)21/h6-7,9-10,12-13,16H,3-5,8H2,1-2H3. The maximum absolute atomic E-state index is 13.5. The van der Waals surface area contributed by atoms with Gasteiger partial charge in [-0.05, 0) is 55.1 Å². The molecule has 116 valence electrons. The second kappa shape index (κ2) is 6.73. The minimum absolute atomic E-state index is 0.0716. The number of halogens is 2. The predicted octanol–water partition coefficient (Wildman–Crippen LogP) is 4.96. The Morgan fingerprint density at radius 3 is 2.71 bits per heavy atom. The van der Waals surface area contributed by atoms with Gasteiger partial charge >= 0.3 is 0 Å². The van der Waals surface area contributed by atoms with Crippen molar-refractivity contribution in [1.82, 2.24) is 0 Å². The number of nitro benzene ring substituents is 1. The van der Waals surface area contributed by atoms with Crippen LogP contribution >= 0.6 is 11.6 Å². The van der Waals surface area contributed by atoms with Gasteiger partial charge in [-0.25, -0.2) is 4.39 Å². The van der Waals surface area contributed by atoms with Crippen LogP contribution in [0.3, 0.4) is 0 Å². The van der Waals surface area contributed by atoms with Crippen LogP contribution in [0.25, 0.3) is 0 Å². The zero-order chi connectivity index (χ0) is 15.6. The summed E-state index contributed by atoms with van der Waals surface area (Å²) in [5.74, 6) is 0.947. The van der Waals surface area contributed by atoms with E-state index in [1.807, 2.05) is 0 Å². The molecule has 0 heterocycles. The Labute approximate surface area is 129 Å². The highest BCUT2D eigenvalue weighted by atomic mass is 35.5. The Bertz CT molecular complexity index is 521. The monoisotopic (exact) mass is 313 g/mol. The van der Waals surface area contributed by atoms with Crippen molar-refractivity contribution in [3.63, 3.8) is 0 Å². The predicted molar refractivity (Wildman–Crippen MR) is 82.1 cm³/mol. The summed E-state index contributed by atoms with van der Waals surface area (Å²) >= 11 is 6.42. The molecule has 0 bridgehead atoms. The van der Waals surface area contributed by atoms with Gasteiger partial charge in [0.25, 0.3) is 5.69 Å². The van der Waals surface area contributed by atoms with E-state index in [1.165, 1.54) is 12.1 Å². The molecule has 0 saturated heterocycles. The quantitative estimate of drug-likeness (QED) is 0.448. The highest BCUT2D eigenvalue weighted by Gasteiger charge is 2.31. The fourth-order valence-corrected chi connectivity index (χ4v) is 3.56. The van der Waals surface area contributed by atoms with E-state index in [2.05, 4.69) is 13.8 Å². The molecule has 2 rings (SSSR count). The van der Waals surface area contributed by atoms with E-state index in [9.17, 15) is 14.5 Å². The van der Waals surface area contributed by atoms with Crippen molar-refractivity contribution in [3.8, 4) is 0 Å². The molecule has 5 heteroatoms. The topological polar surface area (TPSA) is 43.1 Å². The number of nitro groups is 1. The van der Waals surface area contributed by atoms with Gasteiger partial charge in [0, 0.05) is 11.4 Å². The molecular weight excluding hydrogens is 293 g/mol. The van der Waals surface area contributed by atoms with Crippen molar-refractivity contribution in [3.05, 3.63) is 39.7 Å². The lowest BCUT2D eigenvalue weighted by atomic mass is 9.74. The van der Waals surface area contributed by atoms with Gasteiger partial charge in [-0.15, -0.1) is 11.6 Å². The molecule has 1 aromatic rings. The summed E-state index contributed by atoms with van der Waals surface area (Å²) in [6.07, 6.45) is 3.71. The number of benzene rings is 1. The number of non-ortho nitro benzene ring substituents is 1. The molecule has 0 aliphatic heterocycles. The highest BCUT2D eigenvalue weighted by Crippen LogP contribution is 2.38. The van der Waals surface area contributed by atoms with Crippen molar-refractivity contribution >= 4 is 17.3 Å². The number of alkyl halides is 1. The molecule has 3 unspecified atom stereocenters. The minimum atomic E-state index is -0.554. The summed E-state index contributed by atoms with van der Waals surface area (Å²) < 4.78 is 13.5. The van der Waals surface area contributed by atoms with Crippen LogP contribution in [-0.2, 0) is 6.42 Å². The lowest BCUT2D eigenvalue weighted by molar-refractivity contribution is -0.385. The summed E-state index contributed by atoms with van der Waals surface area (Å²) in [6, 6.07) is 3.81. The second-order valence-electron chi connectivity index (χ2n) is 6.37. The van der Waals surface area contributed by atoms with Gasteiger partial charge in [0.15, 0.2) is 0 Å². The number of rotatable bonds is 4. The fourth-order valence-electron chi connectivity index (χ4n) is 3.24. The van der Waals surface area contributed by atoms with Crippen molar-refractivity contribution in [2.75, 3.05) is 0 Å². The number of hydrogen-bond acceptors (Lipinski definition) is 2. The Balaban J connectivity index is 2.14. The maximum atomic E-state index is 13.5. The third-order valence-corrected chi connectivity index (χ3v) is 5.10. The number of hydrogen-bond donors (Lipinski definition) is 0. The Morgan fingerprint density at radius 1 is 1.38 bits per heavy atom. The third kappa shape index (κ3) is 4.16. The van der Waals surface area contributed by atoms with Crippen LogP contribution in [0.15, 0.2) is 18.2 Å². The first-order valence-electron chi connectivity index (χ1n) is 7.44. The van der Waals surface area contributed by atoms with E-state index in [-0.39, 0.29) is 17.0 Å². The Kier molecular flexibility index (Phi) is 5.20. The van der Waals surface area contributed by atoms with Crippen LogP contribution in [0.5, 0.6) is 0 Å². The smallest absolute Gasteiger partial charge is 0.258 e. The molecule has 3 nitrogen and oxygen atoms in total. The Morgan fingerprint density at radius 2 is 2.10 bits per heavy atom. The van der Waals surface area contributed by atoms with Crippen LogP contribution in [0.2, 0.25) is 0 Å². The lowest BCUT2D eigenvalue weighted by Crippen LogP contribution is -2.29. The molecule has 1 aliphatic carbocycles. The van der Waals surface area contributed by atoms with Crippen LogP contribution in [0.4, 0.5) is 10.1 Å². The van der Waals surface area contributed by atoms with Crippen LogP contribution in [-0.4, -0.2) is 10.3 Å². The lowest BCUT2D eigenvalue weighted by Gasteiger charge is -2.35. The zero-order valence-electron chi connectivity index (χ0n) is 12.4. The molecule has 1 aliphatic rings. The maximum Gasteiger partial charge on any atom is 0.272 e. The van der Waals surface area contributed by atoms with E-state index in [0.29, 0.717) is 23.8 Å². The molecule has 1 aromatic carbocycles. The zero-order valence-corrected chi connectivity index (χ0v) is 13.1. The summed E-state index contributed by atoms with van der Waals surface area (Å²) in [4.78, 5) is 10.3. The molecule has 3 atom stereocenters. The first kappa shape index (κ1) is 16.2. The highest BCUT2D eigenvalue weighted by molar-refractivity contribution is 6.20. The van der Waals surface area contributed by atoms with Gasteiger partial charge in [0.2, 0.25) is 0 Å². The molecular formula is C16H21ClFNO2. The SMILES string of the molecule is CC(C)C1CCC(Cl)C(Cc2cc(F)cc([N+](=O)[O-])c2)C1. The van der Waals surface area contributed by atoms with Crippen LogP contribution in [0.1, 0.15) is 38.7 Å². The van der Waals surface area contributed by atoms with E-state index in [1.54, 1.807) is 0 Å². The molecule has 1 fully saturated rings. The third-order valence-electron chi connectivity index (χ3n) is 4.52. The first-order chi connectivity index (χ1) is 9.86. The van der Waals surface area contributed by atoms with Crippen molar-refractivity contribution in [2.24, 2.45) is 17.8 Å². The molecule has 21 heavy (non-hydrogen) atoms. The van der Waals surface area contributed by atoms with Gasteiger partial charge in [-0.3, -0.25) is 10.1 Å². The molecule has 1 saturated carbocycles. The fraction of sp³-hybridized carbons (Fsp3) is 0.625. The van der Waals surface area contributed by atoms with Gasteiger partial charge in [-0.2, -0.15) is 0 Å². The molecule has 0 radical (unpaired) electrons. The first-order valence-corrected chi connectivity index (χ1v) is 7.88. The van der Waals surface area contributed by atoms with Crippen molar-refractivity contribution < 1.29 is 9.31 Å². The second-order valence-corrected chi connectivity index (χ2v) is 6.93. The van der Waals surface area contributed by atoms with E-state index < -0.39 is 10.7 Å². The van der Waals surface area contributed by atoms with Crippen LogP contribution in [0, 0.1) is 33.7 Å². The van der Waals surface area contributed by atoms with Crippen LogP contribution < -0.4 is 0 Å². The summed E-state index contributed by atoms with van der Waals surface area (Å²) in [5, 5.41) is 10.9. The van der Waals surface area contributed by atoms with E-state index >= 15 is 0 Å². The van der Waals surface area contributed by atoms with Crippen molar-refractivity contribution in [1.29, 1.82) is 0 Å². The Hall–Kier alpha value is -1.16. The van der Waals surface area contributed by atoms with Gasteiger partial charge in [-0.1, -0.05) is 13.8 Å². The molecule has 0 spiro atoms. The molecule has 0 aromatic heterocycles. The van der Waals surface area contributed by atoms with Gasteiger partial charge in [0.1, 0.15) is 5.82 Å².